The van der Waals surface area contributed by atoms with Crippen LogP contribution in [0.1, 0.15) is 15.3 Å². The van der Waals surface area contributed by atoms with Gasteiger partial charge in [-0.15, -0.1) is 11.3 Å². The van der Waals surface area contributed by atoms with Crippen molar-refractivity contribution in [1.82, 2.24) is 0 Å². The number of benzene rings is 1. The summed E-state index contributed by atoms with van der Waals surface area (Å²) >= 11 is 11.7. The van der Waals surface area contributed by atoms with E-state index in [-0.39, 0.29) is 4.83 Å². The lowest BCUT2D eigenvalue weighted by molar-refractivity contribution is 0.580. The van der Waals surface area contributed by atoms with Crippen LogP contribution in [0.15, 0.2) is 32.5 Å². The number of hydrogen-bond acceptors (Lipinski definition) is 1. The molecule has 90 valence electrons. The minimum absolute atomic E-state index is 0.222. The van der Waals surface area contributed by atoms with Gasteiger partial charge < -0.3 is 0 Å². The molecule has 2 rings (SSSR count). The van der Waals surface area contributed by atoms with Crippen LogP contribution in [0.4, 0.5) is 8.78 Å². The van der Waals surface area contributed by atoms with E-state index >= 15 is 0 Å². The van der Waals surface area contributed by atoms with Crippen LogP contribution >= 0.6 is 59.1 Å². The van der Waals surface area contributed by atoms with Crippen molar-refractivity contribution in [2.75, 3.05) is 0 Å². The van der Waals surface area contributed by atoms with E-state index in [0.29, 0.717) is 5.56 Å². The number of rotatable bonds is 2. The summed E-state index contributed by atoms with van der Waals surface area (Å²) in [4.78, 5) is 0.744. The highest BCUT2D eigenvalue weighted by Crippen LogP contribution is 2.41. The molecular weight excluding hydrogens is 442 g/mol. The molecule has 1 heterocycles. The standard InChI is InChI=1S/C11H5Br3F2S/c12-8-4-9(17-11(8)14)10(13)5-1-6(15)3-7(16)2-5/h1-4,10H. The minimum atomic E-state index is -0.570. The van der Waals surface area contributed by atoms with Gasteiger partial charge in [0.1, 0.15) is 11.6 Å². The van der Waals surface area contributed by atoms with Crippen molar-refractivity contribution in [2.24, 2.45) is 0 Å². The average molecular weight is 447 g/mol. The Morgan fingerprint density at radius 2 is 1.59 bits per heavy atom. The fourth-order valence-corrected chi connectivity index (χ4v) is 4.15. The van der Waals surface area contributed by atoms with E-state index in [1.54, 1.807) is 0 Å². The molecule has 0 saturated carbocycles. The van der Waals surface area contributed by atoms with Crippen molar-refractivity contribution in [3.63, 3.8) is 0 Å². The van der Waals surface area contributed by atoms with Gasteiger partial charge in [-0.25, -0.2) is 8.78 Å². The van der Waals surface area contributed by atoms with Gasteiger partial charge in [0.05, 0.1) is 8.61 Å². The second-order valence-electron chi connectivity index (χ2n) is 3.34. The zero-order valence-corrected chi connectivity index (χ0v) is 13.8. The van der Waals surface area contributed by atoms with Crippen LogP contribution in [0.25, 0.3) is 0 Å². The zero-order valence-electron chi connectivity index (χ0n) is 8.18. The lowest BCUT2D eigenvalue weighted by Gasteiger charge is -2.08. The second kappa shape index (κ2) is 5.47. The highest BCUT2D eigenvalue weighted by atomic mass is 79.9. The van der Waals surface area contributed by atoms with Crippen molar-refractivity contribution >= 4 is 59.1 Å². The van der Waals surface area contributed by atoms with Gasteiger partial charge >= 0.3 is 0 Å². The molecule has 0 spiro atoms. The molecule has 0 saturated heterocycles. The van der Waals surface area contributed by atoms with Crippen molar-refractivity contribution in [3.8, 4) is 0 Å². The molecule has 6 heteroatoms. The molecule has 1 atom stereocenters. The first-order valence-electron chi connectivity index (χ1n) is 4.52. The molecule has 0 N–H and O–H groups in total. The van der Waals surface area contributed by atoms with Crippen molar-refractivity contribution in [2.45, 2.75) is 4.83 Å². The van der Waals surface area contributed by atoms with E-state index in [2.05, 4.69) is 47.8 Å². The summed E-state index contributed by atoms with van der Waals surface area (Å²) in [6.07, 6.45) is 0. The molecule has 0 radical (unpaired) electrons. The molecule has 0 nitrogen and oxygen atoms in total. The smallest absolute Gasteiger partial charge is 0.126 e. The topological polar surface area (TPSA) is 0 Å². The molecule has 2 aromatic rings. The molecule has 0 aliphatic heterocycles. The van der Waals surface area contributed by atoms with Gasteiger partial charge in [-0.05, 0) is 55.6 Å². The lowest BCUT2D eigenvalue weighted by atomic mass is 10.1. The summed E-state index contributed by atoms with van der Waals surface area (Å²) in [5.74, 6) is -1.14. The molecule has 0 aliphatic rings. The summed E-state index contributed by atoms with van der Waals surface area (Å²) in [7, 11) is 0. The number of thiophene rings is 1. The maximum absolute atomic E-state index is 13.1. The third-order valence-corrected chi connectivity index (χ3v) is 6.74. The number of hydrogen-bond donors (Lipinski definition) is 0. The summed E-state index contributed by atoms with van der Waals surface area (Å²) in [5, 5.41) is 0. The van der Waals surface area contributed by atoms with Gasteiger partial charge in [0, 0.05) is 15.4 Å². The van der Waals surface area contributed by atoms with Crippen LogP contribution in [0.2, 0.25) is 0 Å². The summed E-state index contributed by atoms with van der Waals surface area (Å²) < 4.78 is 28.1. The molecule has 0 bridgehead atoms. The van der Waals surface area contributed by atoms with Crippen LogP contribution in [-0.4, -0.2) is 0 Å². The van der Waals surface area contributed by atoms with Crippen molar-refractivity contribution in [1.29, 1.82) is 0 Å². The molecular formula is C11H5Br3F2S. The van der Waals surface area contributed by atoms with Gasteiger partial charge in [-0.2, -0.15) is 0 Å². The molecule has 1 unspecified atom stereocenters. The summed E-state index contributed by atoms with van der Waals surface area (Å²) in [6, 6.07) is 5.43. The normalized spacial score (nSPS) is 12.8. The number of halogens is 5. The highest BCUT2D eigenvalue weighted by Gasteiger charge is 2.16. The average Bonchev–Trinajstić information content (AvgIpc) is 2.57. The SMILES string of the molecule is Fc1cc(F)cc(C(Br)c2cc(Br)c(Br)s2)c1. The highest BCUT2D eigenvalue weighted by molar-refractivity contribution is 9.13. The van der Waals surface area contributed by atoms with Gasteiger partial charge in [-0.1, -0.05) is 15.9 Å². The van der Waals surface area contributed by atoms with Crippen molar-refractivity contribution < 1.29 is 8.78 Å². The lowest BCUT2D eigenvalue weighted by Crippen LogP contribution is -1.92. The maximum atomic E-state index is 13.1. The first-order chi connectivity index (χ1) is 7.97. The van der Waals surface area contributed by atoms with Crippen molar-refractivity contribution in [3.05, 3.63) is 54.6 Å². The molecule has 0 amide bonds. The Morgan fingerprint density at radius 3 is 2.06 bits per heavy atom. The van der Waals surface area contributed by atoms with Gasteiger partial charge in [-0.3, -0.25) is 0 Å². The molecule has 0 fully saturated rings. The maximum Gasteiger partial charge on any atom is 0.126 e. The predicted octanol–water partition coefficient (Wildman–Crippen LogP) is 6.04. The molecule has 0 aliphatic carbocycles. The van der Waals surface area contributed by atoms with Gasteiger partial charge in [0.25, 0.3) is 0 Å². The van der Waals surface area contributed by atoms with E-state index in [1.165, 1.54) is 23.5 Å². The van der Waals surface area contributed by atoms with Crippen LogP contribution in [0.3, 0.4) is 0 Å². The minimum Gasteiger partial charge on any atom is -0.207 e. The van der Waals surface area contributed by atoms with Crippen LogP contribution in [0, 0.1) is 11.6 Å². The quantitative estimate of drug-likeness (QED) is 0.494. The van der Waals surface area contributed by atoms with E-state index in [4.69, 9.17) is 0 Å². The van der Waals surface area contributed by atoms with E-state index < -0.39 is 11.6 Å². The van der Waals surface area contributed by atoms with Crippen LogP contribution in [0.5, 0.6) is 0 Å². The van der Waals surface area contributed by atoms with E-state index in [0.717, 1.165) is 19.2 Å². The monoisotopic (exact) mass is 444 g/mol. The second-order valence-corrected chi connectivity index (χ2v) is 7.51. The van der Waals surface area contributed by atoms with Crippen LogP contribution < -0.4 is 0 Å². The third-order valence-electron chi connectivity index (χ3n) is 2.09. The first-order valence-corrected chi connectivity index (χ1v) is 7.84. The zero-order chi connectivity index (χ0) is 12.6. The Balaban J connectivity index is 2.39. The Morgan fingerprint density at radius 1 is 1.00 bits per heavy atom. The number of alkyl halides is 1. The Bertz CT molecular complexity index is 514. The molecule has 1 aromatic heterocycles. The van der Waals surface area contributed by atoms with Crippen LogP contribution in [-0.2, 0) is 0 Å². The first kappa shape index (κ1) is 13.6. The summed E-state index contributed by atoms with van der Waals surface area (Å²) in [6.45, 7) is 0. The fourth-order valence-electron chi connectivity index (χ4n) is 1.37. The van der Waals surface area contributed by atoms with Gasteiger partial charge in [0.2, 0.25) is 0 Å². The van der Waals surface area contributed by atoms with E-state index in [1.807, 2.05) is 6.07 Å². The predicted molar refractivity (Wildman–Crippen MR) is 76.8 cm³/mol. The molecule has 1 aromatic carbocycles. The fraction of sp³-hybridized carbons (Fsp3) is 0.0909. The Hall–Kier alpha value is 0.220. The Labute approximate surface area is 126 Å². The van der Waals surface area contributed by atoms with E-state index in [9.17, 15) is 8.78 Å². The largest absolute Gasteiger partial charge is 0.207 e. The van der Waals surface area contributed by atoms with Gasteiger partial charge in [0.15, 0.2) is 0 Å². The third kappa shape index (κ3) is 3.16. The summed E-state index contributed by atoms with van der Waals surface area (Å²) in [5.41, 5.74) is 0.559. The molecule has 17 heavy (non-hydrogen) atoms. The Kier molecular flexibility index (Phi) is 4.39.